The molecule has 0 aliphatic carbocycles. The number of rotatable bonds is 6. The van der Waals surface area contributed by atoms with Crippen molar-refractivity contribution < 1.29 is 19.4 Å². The largest absolute Gasteiger partial charge is 0.481 e. The Balaban J connectivity index is 2.57. The van der Waals surface area contributed by atoms with Crippen LogP contribution < -0.4 is 5.32 Å². The molecule has 0 aromatic carbocycles. The third-order valence-corrected chi connectivity index (χ3v) is 2.45. The van der Waals surface area contributed by atoms with Gasteiger partial charge in [-0.25, -0.2) is 4.79 Å². The van der Waals surface area contributed by atoms with Crippen molar-refractivity contribution in [2.75, 3.05) is 0 Å². The van der Waals surface area contributed by atoms with Gasteiger partial charge < -0.3 is 15.2 Å². The number of hydrogen-bond donors (Lipinski definition) is 3. The number of carboxylic acid groups (broad SMARTS) is 1. The number of ether oxygens (including phenoxy) is 1. The second kappa shape index (κ2) is 6.93. The summed E-state index contributed by atoms with van der Waals surface area (Å²) in [5.41, 5.74) is 0.242. The van der Waals surface area contributed by atoms with E-state index in [-0.39, 0.29) is 12.5 Å². The zero-order chi connectivity index (χ0) is 15.2. The zero-order valence-corrected chi connectivity index (χ0v) is 12.0. The van der Waals surface area contributed by atoms with Crippen LogP contribution in [0.15, 0.2) is 12.3 Å². The first-order valence-electron chi connectivity index (χ1n) is 6.46. The molecule has 1 amide bonds. The van der Waals surface area contributed by atoms with Crippen LogP contribution >= 0.6 is 0 Å². The Kier molecular flexibility index (Phi) is 5.54. The number of aromatic nitrogens is 2. The molecule has 1 aromatic heterocycles. The van der Waals surface area contributed by atoms with Gasteiger partial charge in [-0.05, 0) is 33.3 Å². The van der Waals surface area contributed by atoms with Crippen molar-refractivity contribution in [2.45, 2.75) is 51.7 Å². The second-order valence-corrected chi connectivity index (χ2v) is 5.56. The van der Waals surface area contributed by atoms with Crippen molar-refractivity contribution in [1.29, 1.82) is 0 Å². The maximum absolute atomic E-state index is 11.7. The molecule has 0 spiro atoms. The van der Waals surface area contributed by atoms with Crippen LogP contribution in [0.1, 0.15) is 39.3 Å². The van der Waals surface area contributed by atoms with Crippen LogP contribution in [0.25, 0.3) is 0 Å². The van der Waals surface area contributed by atoms with E-state index in [0.717, 1.165) is 5.69 Å². The van der Waals surface area contributed by atoms with Crippen molar-refractivity contribution in [3.63, 3.8) is 0 Å². The van der Waals surface area contributed by atoms with Crippen molar-refractivity contribution in [1.82, 2.24) is 15.5 Å². The first-order valence-corrected chi connectivity index (χ1v) is 6.46. The zero-order valence-electron chi connectivity index (χ0n) is 12.0. The van der Waals surface area contributed by atoms with E-state index in [1.807, 2.05) is 0 Å². The van der Waals surface area contributed by atoms with E-state index in [1.54, 1.807) is 33.0 Å². The van der Waals surface area contributed by atoms with Crippen molar-refractivity contribution >= 4 is 12.1 Å². The lowest BCUT2D eigenvalue weighted by Crippen LogP contribution is -2.40. The first kappa shape index (κ1) is 16.0. The summed E-state index contributed by atoms with van der Waals surface area (Å²) in [6, 6.07) is 1.46. The van der Waals surface area contributed by atoms with Gasteiger partial charge in [0, 0.05) is 30.8 Å². The molecule has 0 fully saturated rings. The van der Waals surface area contributed by atoms with E-state index < -0.39 is 17.7 Å². The molecule has 1 rings (SSSR count). The number of nitrogens with zero attached hydrogens (tertiary/aromatic N) is 1. The molecular weight excluding hydrogens is 262 g/mol. The summed E-state index contributed by atoms with van der Waals surface area (Å²) in [5, 5.41) is 18.1. The number of aliphatic carboxylic acids is 1. The van der Waals surface area contributed by atoms with Crippen molar-refractivity contribution in [3.05, 3.63) is 18.0 Å². The highest BCUT2D eigenvalue weighted by molar-refractivity contribution is 5.69. The monoisotopic (exact) mass is 283 g/mol. The summed E-state index contributed by atoms with van der Waals surface area (Å²) in [6.45, 7) is 5.31. The Hall–Kier alpha value is -2.05. The Morgan fingerprint density at radius 3 is 2.70 bits per heavy atom. The summed E-state index contributed by atoms with van der Waals surface area (Å²) < 4.78 is 5.17. The fourth-order valence-electron chi connectivity index (χ4n) is 1.66. The minimum atomic E-state index is -0.898. The van der Waals surface area contributed by atoms with Crippen LogP contribution in [-0.2, 0) is 16.0 Å². The number of carbonyl (C=O) groups excluding carboxylic acids is 1. The molecule has 1 atom stereocenters. The van der Waals surface area contributed by atoms with E-state index in [0.29, 0.717) is 12.8 Å². The predicted octanol–water partition coefficient (Wildman–Crippen LogP) is 1.71. The van der Waals surface area contributed by atoms with E-state index in [4.69, 9.17) is 9.84 Å². The van der Waals surface area contributed by atoms with Crippen molar-refractivity contribution in [2.24, 2.45) is 0 Å². The van der Waals surface area contributed by atoms with E-state index in [1.165, 1.54) is 0 Å². The first-order chi connectivity index (χ1) is 9.26. The summed E-state index contributed by atoms with van der Waals surface area (Å²) in [4.78, 5) is 22.4. The molecule has 0 saturated heterocycles. The van der Waals surface area contributed by atoms with Crippen LogP contribution in [0.2, 0.25) is 0 Å². The molecule has 0 bridgehead atoms. The molecule has 1 heterocycles. The number of H-pyrrole nitrogens is 1. The van der Waals surface area contributed by atoms with Crippen molar-refractivity contribution in [3.8, 4) is 0 Å². The fourth-order valence-corrected chi connectivity index (χ4v) is 1.66. The molecule has 0 saturated carbocycles. The Morgan fingerprint density at radius 2 is 2.20 bits per heavy atom. The summed E-state index contributed by atoms with van der Waals surface area (Å²) in [6.07, 6.45) is 1.85. The molecule has 7 nitrogen and oxygen atoms in total. The molecule has 0 aliphatic rings. The maximum atomic E-state index is 11.7. The lowest BCUT2D eigenvalue weighted by atomic mass is 10.1. The lowest BCUT2D eigenvalue weighted by molar-refractivity contribution is -0.137. The molecule has 0 aliphatic heterocycles. The third kappa shape index (κ3) is 6.77. The molecule has 3 N–H and O–H groups in total. The molecule has 1 aromatic rings. The quantitative estimate of drug-likeness (QED) is 0.737. The smallest absolute Gasteiger partial charge is 0.407 e. The number of carboxylic acids is 1. The standard InChI is InChI=1S/C13H21N3O4/c1-13(2,3)20-12(19)15-9(4-5-11(17)18)8-10-6-7-14-16-10/h6-7,9H,4-5,8H2,1-3H3,(H,14,16)(H,15,19)(H,17,18). The summed E-state index contributed by atoms with van der Waals surface area (Å²) >= 11 is 0. The van der Waals surface area contributed by atoms with Gasteiger partial charge in [0.15, 0.2) is 0 Å². The van der Waals surface area contributed by atoms with E-state index in [2.05, 4.69) is 15.5 Å². The minimum Gasteiger partial charge on any atom is -0.481 e. The second-order valence-electron chi connectivity index (χ2n) is 5.56. The van der Waals surface area contributed by atoms with E-state index >= 15 is 0 Å². The van der Waals surface area contributed by atoms with Gasteiger partial charge in [-0.2, -0.15) is 5.10 Å². The van der Waals surface area contributed by atoms with Gasteiger partial charge in [-0.15, -0.1) is 0 Å². The topological polar surface area (TPSA) is 104 Å². The van der Waals surface area contributed by atoms with Crippen LogP contribution in [0.3, 0.4) is 0 Å². The number of carbonyl (C=O) groups is 2. The fraction of sp³-hybridized carbons (Fsp3) is 0.615. The molecule has 0 radical (unpaired) electrons. The number of amides is 1. The highest BCUT2D eigenvalue weighted by Crippen LogP contribution is 2.09. The third-order valence-electron chi connectivity index (χ3n) is 2.45. The van der Waals surface area contributed by atoms with Gasteiger partial charge in [0.1, 0.15) is 5.60 Å². The number of hydrogen-bond acceptors (Lipinski definition) is 4. The normalized spacial score (nSPS) is 12.8. The molecule has 20 heavy (non-hydrogen) atoms. The van der Waals surface area contributed by atoms with Gasteiger partial charge in [-0.1, -0.05) is 0 Å². The van der Waals surface area contributed by atoms with Crippen LogP contribution in [0, 0.1) is 0 Å². The minimum absolute atomic E-state index is 0.0192. The summed E-state index contributed by atoms with van der Waals surface area (Å²) in [7, 11) is 0. The van der Waals surface area contributed by atoms with Gasteiger partial charge >= 0.3 is 12.1 Å². The molecular formula is C13H21N3O4. The van der Waals surface area contributed by atoms with Gasteiger partial charge in [0.05, 0.1) is 0 Å². The lowest BCUT2D eigenvalue weighted by Gasteiger charge is -2.23. The van der Waals surface area contributed by atoms with Gasteiger partial charge in [0.2, 0.25) is 0 Å². The Bertz CT molecular complexity index is 437. The molecule has 1 unspecified atom stereocenters. The number of nitrogens with one attached hydrogen (secondary N) is 2. The van der Waals surface area contributed by atoms with Gasteiger partial charge in [-0.3, -0.25) is 9.89 Å². The van der Waals surface area contributed by atoms with Crippen LogP contribution in [-0.4, -0.2) is 39.0 Å². The average Bonchev–Trinajstić information content (AvgIpc) is 2.75. The SMILES string of the molecule is CC(C)(C)OC(=O)NC(CCC(=O)O)Cc1ccn[nH]1. The maximum Gasteiger partial charge on any atom is 0.407 e. The average molecular weight is 283 g/mol. The highest BCUT2D eigenvalue weighted by Gasteiger charge is 2.20. The van der Waals surface area contributed by atoms with Gasteiger partial charge in [0.25, 0.3) is 0 Å². The number of aromatic amines is 1. The van der Waals surface area contributed by atoms with Crippen LogP contribution in [0.5, 0.6) is 0 Å². The molecule has 7 heteroatoms. The summed E-state index contributed by atoms with van der Waals surface area (Å²) in [5.74, 6) is -0.898. The van der Waals surface area contributed by atoms with E-state index in [9.17, 15) is 9.59 Å². The Labute approximate surface area is 117 Å². The predicted molar refractivity (Wildman–Crippen MR) is 72.3 cm³/mol. The van der Waals surface area contributed by atoms with Crippen LogP contribution in [0.4, 0.5) is 4.79 Å². The Morgan fingerprint density at radius 1 is 1.50 bits per heavy atom. The number of alkyl carbamates (subject to hydrolysis) is 1. The highest BCUT2D eigenvalue weighted by atomic mass is 16.6. The molecule has 112 valence electrons.